The van der Waals surface area contributed by atoms with Crippen LogP contribution >= 0.6 is 15.9 Å². The van der Waals surface area contributed by atoms with Gasteiger partial charge in [0.05, 0.1) is 14.6 Å². The number of hydrogen-bond donors (Lipinski definition) is 1. The van der Waals surface area contributed by atoms with Crippen LogP contribution in [0, 0.1) is 0 Å². The molecule has 3 nitrogen and oxygen atoms in total. The molecule has 2 heterocycles. The minimum absolute atomic E-state index is 0.0380. The average molecular weight is 201 g/mol. The molecule has 0 fully saturated rings. The molecule has 0 atom stereocenters. The zero-order chi connectivity index (χ0) is 9.59. The zero-order valence-corrected chi connectivity index (χ0v) is 6.36. The molecule has 2 aromatic rings. The summed E-state index contributed by atoms with van der Waals surface area (Å²) in [5.41, 5.74) is 0.621. The number of aromatic nitrogens is 3. The molecular weight excluding hydrogens is 194 g/mol. The quantitative estimate of drug-likeness (QED) is 0.704. The van der Waals surface area contributed by atoms with Gasteiger partial charge in [-0.3, -0.25) is 0 Å². The third kappa shape index (κ3) is 0.806. The van der Waals surface area contributed by atoms with Crippen molar-refractivity contribution >= 4 is 27.1 Å². The van der Waals surface area contributed by atoms with E-state index < -0.39 is 0 Å². The zero-order valence-electron chi connectivity index (χ0n) is 7.77. The van der Waals surface area contributed by atoms with Gasteiger partial charge in [-0.25, -0.2) is 9.97 Å². The molecule has 4 heteroatoms. The monoisotopic (exact) mass is 200 g/mol. The lowest BCUT2D eigenvalue weighted by atomic mass is 10.4. The molecule has 0 amide bonds. The van der Waals surface area contributed by atoms with Crippen molar-refractivity contribution in [2.75, 3.05) is 0 Å². The fraction of sp³-hybridized carbons (Fsp3) is 0. The van der Waals surface area contributed by atoms with Crippen LogP contribution in [0.2, 0.25) is 0 Å². The van der Waals surface area contributed by atoms with Gasteiger partial charge in [0.1, 0.15) is 1.37 Å². The predicted octanol–water partition coefficient (Wildman–Crippen LogP) is 1.72. The number of nitrogens with zero attached hydrogens (tertiary/aromatic N) is 2. The van der Waals surface area contributed by atoms with Crippen LogP contribution in [-0.4, -0.2) is 15.0 Å². The molecular formula is C6H4BrN3. The van der Waals surface area contributed by atoms with Gasteiger partial charge in [-0.05, 0) is 22.0 Å². The Morgan fingerprint density at radius 3 is 3.40 bits per heavy atom. The second-order valence-electron chi connectivity index (χ2n) is 1.71. The molecule has 50 valence electrons. The standard InChI is InChI=1S/C6H4BrN3/c7-4-1-5-6(8-2-4)10-3-9-5/h1-3H,(H,8,9,10)/i1D,2D,3D. The van der Waals surface area contributed by atoms with Crippen LogP contribution in [0.4, 0.5) is 0 Å². The van der Waals surface area contributed by atoms with Crippen molar-refractivity contribution in [1.82, 2.24) is 15.0 Å². The predicted molar refractivity (Wildman–Crippen MR) is 41.6 cm³/mol. The van der Waals surface area contributed by atoms with Crippen LogP contribution in [0.25, 0.3) is 11.2 Å². The van der Waals surface area contributed by atoms with E-state index in [9.17, 15) is 0 Å². The van der Waals surface area contributed by atoms with Crippen LogP contribution in [0.1, 0.15) is 4.11 Å². The molecule has 0 bridgehead atoms. The van der Waals surface area contributed by atoms with E-state index in [1.807, 2.05) is 0 Å². The maximum Gasteiger partial charge on any atom is 0.177 e. The fourth-order valence-electron chi connectivity index (χ4n) is 0.656. The van der Waals surface area contributed by atoms with Crippen molar-refractivity contribution in [3.05, 3.63) is 23.0 Å². The Morgan fingerprint density at radius 2 is 2.50 bits per heavy atom. The molecule has 0 unspecified atom stereocenters. The van der Waals surface area contributed by atoms with E-state index in [1.54, 1.807) is 0 Å². The highest BCUT2D eigenvalue weighted by Crippen LogP contribution is 2.12. The Balaban J connectivity index is 2.92. The summed E-state index contributed by atoms with van der Waals surface area (Å²) < 4.78 is 22.4. The Morgan fingerprint density at radius 1 is 1.60 bits per heavy atom. The number of aromatic amines is 1. The molecule has 0 spiro atoms. The highest BCUT2D eigenvalue weighted by molar-refractivity contribution is 9.10. The summed E-state index contributed by atoms with van der Waals surface area (Å²) in [4.78, 5) is 10.1. The van der Waals surface area contributed by atoms with E-state index in [2.05, 4.69) is 30.9 Å². The number of pyridine rings is 1. The SMILES string of the molecule is [2H]c1nc2nc([2H])c(Br)c([2H])c2[nH]1. The molecule has 10 heavy (non-hydrogen) atoms. The first-order valence-corrected chi connectivity index (χ1v) is 3.38. The Bertz CT molecular complexity index is 481. The minimum Gasteiger partial charge on any atom is -0.343 e. The van der Waals surface area contributed by atoms with Crippen LogP contribution in [0.3, 0.4) is 0 Å². The van der Waals surface area contributed by atoms with Gasteiger partial charge in [-0.2, -0.15) is 0 Å². The number of imidazole rings is 1. The maximum absolute atomic E-state index is 7.58. The molecule has 0 radical (unpaired) electrons. The Labute approximate surface area is 69.8 Å². The van der Waals surface area contributed by atoms with Crippen molar-refractivity contribution in [2.45, 2.75) is 0 Å². The first-order valence-electron chi connectivity index (χ1n) is 4.08. The van der Waals surface area contributed by atoms with Crippen molar-refractivity contribution in [2.24, 2.45) is 0 Å². The first-order chi connectivity index (χ1) is 6.09. The van der Waals surface area contributed by atoms with Crippen LogP contribution in [0.5, 0.6) is 0 Å². The van der Waals surface area contributed by atoms with Crippen LogP contribution in [-0.2, 0) is 0 Å². The molecule has 0 aliphatic rings. The molecule has 0 aliphatic heterocycles. The number of H-pyrrole nitrogens is 1. The third-order valence-corrected chi connectivity index (χ3v) is 1.44. The van der Waals surface area contributed by atoms with Crippen LogP contribution in [0.15, 0.2) is 23.0 Å². The molecule has 2 rings (SSSR count). The minimum atomic E-state index is -0.0477. The summed E-state index contributed by atoms with van der Waals surface area (Å²) in [7, 11) is 0. The summed E-state index contributed by atoms with van der Waals surface area (Å²) in [6.07, 6.45) is -0.0856. The van der Waals surface area contributed by atoms with Gasteiger partial charge in [-0.15, -0.1) is 0 Å². The van der Waals surface area contributed by atoms with E-state index in [4.69, 9.17) is 4.11 Å². The lowest BCUT2D eigenvalue weighted by Gasteiger charge is -1.86. The van der Waals surface area contributed by atoms with Crippen molar-refractivity contribution in [3.63, 3.8) is 0 Å². The summed E-state index contributed by atoms with van der Waals surface area (Å²) >= 11 is 3.06. The van der Waals surface area contributed by atoms with E-state index in [-0.39, 0.29) is 24.2 Å². The summed E-state index contributed by atoms with van der Waals surface area (Å²) in [6, 6.07) is 0.112. The van der Waals surface area contributed by atoms with E-state index >= 15 is 0 Å². The molecule has 0 aliphatic carbocycles. The molecule has 0 aromatic carbocycles. The van der Waals surface area contributed by atoms with E-state index in [0.717, 1.165) is 0 Å². The molecule has 0 saturated carbocycles. The second kappa shape index (κ2) is 2.05. The summed E-state index contributed by atoms with van der Waals surface area (Å²) in [5, 5.41) is 0. The van der Waals surface area contributed by atoms with Gasteiger partial charge in [0, 0.05) is 10.6 Å². The highest BCUT2D eigenvalue weighted by atomic mass is 79.9. The lowest BCUT2D eigenvalue weighted by Crippen LogP contribution is -1.74. The molecule has 2 aromatic heterocycles. The average Bonchev–Trinajstić information content (AvgIpc) is 2.42. The van der Waals surface area contributed by atoms with Gasteiger partial charge >= 0.3 is 0 Å². The van der Waals surface area contributed by atoms with Gasteiger partial charge in [0.25, 0.3) is 0 Å². The van der Waals surface area contributed by atoms with Crippen molar-refractivity contribution in [3.8, 4) is 0 Å². The lowest BCUT2D eigenvalue weighted by molar-refractivity contribution is 1.30. The van der Waals surface area contributed by atoms with E-state index in [0.29, 0.717) is 9.99 Å². The van der Waals surface area contributed by atoms with Crippen molar-refractivity contribution in [1.29, 1.82) is 0 Å². The summed E-state index contributed by atoms with van der Waals surface area (Å²) in [5.74, 6) is 0. The number of halogens is 1. The Hall–Kier alpha value is -0.900. The second-order valence-corrected chi connectivity index (χ2v) is 2.50. The third-order valence-electron chi connectivity index (χ3n) is 1.06. The first kappa shape index (κ1) is 3.48. The van der Waals surface area contributed by atoms with E-state index in [1.165, 1.54) is 0 Å². The molecule has 1 N–H and O–H groups in total. The smallest absolute Gasteiger partial charge is 0.177 e. The summed E-state index contributed by atoms with van der Waals surface area (Å²) in [6.45, 7) is 0. The van der Waals surface area contributed by atoms with Gasteiger partial charge in [0.15, 0.2) is 5.65 Å². The fourth-order valence-corrected chi connectivity index (χ4v) is 0.943. The number of fused-ring (bicyclic) bond motifs is 1. The molecule has 0 saturated heterocycles. The van der Waals surface area contributed by atoms with Gasteiger partial charge < -0.3 is 4.98 Å². The van der Waals surface area contributed by atoms with Gasteiger partial charge in [0.2, 0.25) is 0 Å². The van der Waals surface area contributed by atoms with Gasteiger partial charge in [-0.1, -0.05) is 0 Å². The Kier molecular flexibility index (Phi) is 0.715. The highest BCUT2D eigenvalue weighted by Gasteiger charge is 1.95. The number of hydrogen-bond acceptors (Lipinski definition) is 2. The van der Waals surface area contributed by atoms with Crippen molar-refractivity contribution < 1.29 is 4.11 Å². The number of nitrogens with one attached hydrogen (secondary N) is 1. The largest absolute Gasteiger partial charge is 0.343 e. The van der Waals surface area contributed by atoms with Crippen LogP contribution < -0.4 is 0 Å². The topological polar surface area (TPSA) is 41.6 Å². The normalized spacial score (nSPS) is 14.7. The number of rotatable bonds is 0. The maximum atomic E-state index is 7.58.